The van der Waals surface area contributed by atoms with Gasteiger partial charge in [0.05, 0.1) is 4.92 Å². The number of hydrogen-bond acceptors (Lipinski definition) is 4. The van der Waals surface area contributed by atoms with Crippen LogP contribution in [0.3, 0.4) is 0 Å². The lowest BCUT2D eigenvalue weighted by Gasteiger charge is -2.58. The Morgan fingerprint density at radius 1 is 1.07 bits per heavy atom. The maximum Gasteiger partial charge on any atom is 0.506 e. The number of benzene rings is 1. The van der Waals surface area contributed by atoms with Crippen LogP contribution in [0.25, 0.3) is 0 Å². The molecule has 5 rings (SSSR count). The zero-order chi connectivity index (χ0) is 28.7. The van der Waals surface area contributed by atoms with Crippen molar-refractivity contribution in [2.24, 2.45) is 46.3 Å². The SMILES string of the molecule is CC(CCC[C@@H](C)[C@H]1CC[C@H]2[C@@H]3CC=C4C[C@@H](OC(=O)O)CC[C@]4(C)[C@H]3CC[C@]12C)Cc1ccc([N+](=O)[O-])cc1. The molecular formula is C34H49NO5. The van der Waals surface area contributed by atoms with Gasteiger partial charge in [0.25, 0.3) is 5.69 Å². The average molecular weight is 552 g/mol. The second-order valence-electron chi connectivity index (χ2n) is 14.4. The summed E-state index contributed by atoms with van der Waals surface area (Å²) in [7, 11) is 0. The van der Waals surface area contributed by atoms with Gasteiger partial charge in [-0.1, -0.05) is 70.7 Å². The van der Waals surface area contributed by atoms with Crippen LogP contribution in [0.4, 0.5) is 10.5 Å². The average Bonchev–Trinajstić information content (AvgIpc) is 3.26. The lowest BCUT2D eigenvalue weighted by atomic mass is 9.47. The molecule has 40 heavy (non-hydrogen) atoms. The van der Waals surface area contributed by atoms with Crippen molar-refractivity contribution in [1.82, 2.24) is 0 Å². The molecule has 0 spiro atoms. The lowest BCUT2D eigenvalue weighted by Crippen LogP contribution is -2.51. The van der Waals surface area contributed by atoms with Gasteiger partial charge in [-0.25, -0.2) is 4.79 Å². The summed E-state index contributed by atoms with van der Waals surface area (Å²) in [6.45, 7) is 9.92. The van der Waals surface area contributed by atoms with Gasteiger partial charge in [-0.05, 0) is 103 Å². The topological polar surface area (TPSA) is 89.7 Å². The number of nitro groups is 1. The van der Waals surface area contributed by atoms with E-state index in [-0.39, 0.29) is 22.1 Å². The van der Waals surface area contributed by atoms with E-state index in [0.29, 0.717) is 11.3 Å². The Morgan fingerprint density at radius 2 is 1.82 bits per heavy atom. The van der Waals surface area contributed by atoms with Gasteiger partial charge < -0.3 is 9.84 Å². The van der Waals surface area contributed by atoms with Crippen molar-refractivity contribution in [2.75, 3.05) is 0 Å². The van der Waals surface area contributed by atoms with E-state index in [0.717, 1.165) is 61.7 Å². The molecule has 6 nitrogen and oxygen atoms in total. The zero-order valence-corrected chi connectivity index (χ0v) is 24.9. The molecule has 4 aliphatic rings. The van der Waals surface area contributed by atoms with Gasteiger partial charge in [-0.3, -0.25) is 10.1 Å². The van der Waals surface area contributed by atoms with Crippen LogP contribution in [0, 0.1) is 56.5 Å². The molecular weight excluding hydrogens is 502 g/mol. The van der Waals surface area contributed by atoms with Gasteiger partial charge in [0.1, 0.15) is 6.10 Å². The minimum absolute atomic E-state index is 0.166. The predicted octanol–water partition coefficient (Wildman–Crippen LogP) is 9.22. The first-order chi connectivity index (χ1) is 19.0. The summed E-state index contributed by atoms with van der Waals surface area (Å²) < 4.78 is 5.19. The third-order valence-electron chi connectivity index (χ3n) is 12.2. The number of nitrogens with zero attached hydrogens (tertiary/aromatic N) is 1. The number of nitro benzene ring substituents is 1. The number of hydrogen-bond donors (Lipinski definition) is 1. The highest BCUT2D eigenvalue weighted by molar-refractivity contribution is 5.57. The highest BCUT2D eigenvalue weighted by Gasteiger charge is 2.59. The van der Waals surface area contributed by atoms with Gasteiger partial charge in [0.2, 0.25) is 0 Å². The van der Waals surface area contributed by atoms with Crippen molar-refractivity contribution >= 4 is 11.8 Å². The first-order valence-electron chi connectivity index (χ1n) is 15.8. The molecule has 9 atom stereocenters. The molecule has 0 aliphatic heterocycles. The third-order valence-corrected chi connectivity index (χ3v) is 12.2. The van der Waals surface area contributed by atoms with Gasteiger partial charge >= 0.3 is 6.16 Å². The Labute approximate surface area is 240 Å². The summed E-state index contributed by atoms with van der Waals surface area (Å²) in [4.78, 5) is 21.7. The van der Waals surface area contributed by atoms with Crippen molar-refractivity contribution in [3.63, 3.8) is 0 Å². The summed E-state index contributed by atoms with van der Waals surface area (Å²) in [5.74, 6) is 4.43. The number of rotatable bonds is 9. The quantitative estimate of drug-likeness (QED) is 0.143. The smallest absolute Gasteiger partial charge is 0.450 e. The number of ether oxygens (including phenoxy) is 1. The van der Waals surface area contributed by atoms with E-state index in [1.165, 1.54) is 56.1 Å². The summed E-state index contributed by atoms with van der Waals surface area (Å²) >= 11 is 0. The predicted molar refractivity (Wildman–Crippen MR) is 157 cm³/mol. The lowest BCUT2D eigenvalue weighted by molar-refractivity contribution is -0.384. The monoisotopic (exact) mass is 551 g/mol. The summed E-state index contributed by atoms with van der Waals surface area (Å²) in [5.41, 5.74) is 3.48. The van der Waals surface area contributed by atoms with Gasteiger partial charge in [0, 0.05) is 18.6 Å². The minimum atomic E-state index is -1.14. The molecule has 0 aromatic heterocycles. The number of non-ortho nitro benzene ring substituents is 1. The Balaban J connectivity index is 1.15. The number of fused-ring (bicyclic) bond motifs is 5. The van der Waals surface area contributed by atoms with Gasteiger partial charge in [-0.15, -0.1) is 0 Å². The van der Waals surface area contributed by atoms with E-state index in [4.69, 9.17) is 9.84 Å². The van der Waals surface area contributed by atoms with Crippen molar-refractivity contribution in [1.29, 1.82) is 0 Å². The Morgan fingerprint density at radius 3 is 2.52 bits per heavy atom. The van der Waals surface area contributed by atoms with Crippen LogP contribution in [0.1, 0.15) is 104 Å². The van der Waals surface area contributed by atoms with E-state index < -0.39 is 6.16 Å². The molecule has 1 aromatic carbocycles. The van der Waals surface area contributed by atoms with E-state index in [1.54, 1.807) is 12.1 Å². The Kier molecular flexibility index (Phi) is 8.37. The fraction of sp³-hybridized carbons (Fsp3) is 0.735. The molecule has 0 amide bonds. The van der Waals surface area contributed by atoms with Crippen LogP contribution in [0.2, 0.25) is 0 Å². The van der Waals surface area contributed by atoms with E-state index in [2.05, 4.69) is 33.8 Å². The summed E-state index contributed by atoms with van der Waals surface area (Å²) in [6, 6.07) is 7.06. The molecule has 1 unspecified atom stereocenters. The highest BCUT2D eigenvalue weighted by Crippen LogP contribution is 2.67. The molecule has 0 heterocycles. The molecule has 0 saturated heterocycles. The zero-order valence-electron chi connectivity index (χ0n) is 24.9. The normalized spacial score (nSPS) is 36.4. The number of allylic oxidation sites excluding steroid dienone is 1. The van der Waals surface area contributed by atoms with Crippen LogP contribution >= 0.6 is 0 Å². The van der Waals surface area contributed by atoms with Crippen molar-refractivity contribution < 1.29 is 19.6 Å². The molecule has 1 aromatic rings. The molecule has 0 bridgehead atoms. The molecule has 220 valence electrons. The number of carbonyl (C=O) groups is 1. The van der Waals surface area contributed by atoms with Gasteiger partial charge in [0.15, 0.2) is 0 Å². The highest BCUT2D eigenvalue weighted by atomic mass is 16.7. The van der Waals surface area contributed by atoms with E-state index in [9.17, 15) is 14.9 Å². The van der Waals surface area contributed by atoms with Crippen LogP contribution < -0.4 is 0 Å². The number of carboxylic acid groups (broad SMARTS) is 1. The first-order valence-corrected chi connectivity index (χ1v) is 15.8. The molecule has 1 N–H and O–H groups in total. The maximum atomic E-state index is 11.1. The van der Waals surface area contributed by atoms with Crippen LogP contribution in [-0.4, -0.2) is 22.3 Å². The fourth-order valence-electron chi connectivity index (χ4n) is 10.1. The van der Waals surface area contributed by atoms with E-state index in [1.807, 2.05) is 12.1 Å². The van der Waals surface area contributed by atoms with Crippen LogP contribution in [0.5, 0.6) is 0 Å². The van der Waals surface area contributed by atoms with Crippen LogP contribution in [-0.2, 0) is 11.2 Å². The third kappa shape index (κ3) is 5.56. The fourth-order valence-corrected chi connectivity index (χ4v) is 10.1. The second-order valence-corrected chi connectivity index (χ2v) is 14.4. The van der Waals surface area contributed by atoms with E-state index >= 15 is 0 Å². The molecule has 0 radical (unpaired) electrons. The maximum absolute atomic E-state index is 11.1. The molecule has 3 saturated carbocycles. The van der Waals surface area contributed by atoms with Gasteiger partial charge in [-0.2, -0.15) is 0 Å². The van der Waals surface area contributed by atoms with Crippen molar-refractivity contribution in [2.45, 2.75) is 111 Å². The second kappa shape index (κ2) is 11.5. The standard InChI is InChI=1S/C34H49NO5/c1-22(20-24-8-11-26(12-9-24)35(38)39)6-5-7-23(2)29-14-15-30-28-13-10-25-21-27(40-32(36)37)16-18-33(25,3)31(28)17-19-34(29,30)4/h8-12,22-23,27-31H,5-7,13-21H2,1-4H3,(H,36,37)/t22?,23-,27+,28+,29-,30+,31+,33+,34-/m1/s1. The Bertz CT molecular complexity index is 1110. The Hall–Kier alpha value is -2.37. The largest absolute Gasteiger partial charge is 0.506 e. The summed E-state index contributed by atoms with van der Waals surface area (Å²) in [5, 5.41) is 20.0. The molecule has 3 fully saturated rings. The van der Waals surface area contributed by atoms with Crippen molar-refractivity contribution in [3.8, 4) is 0 Å². The minimum Gasteiger partial charge on any atom is -0.450 e. The summed E-state index contributed by atoms with van der Waals surface area (Å²) in [6.07, 6.45) is 15.2. The first kappa shape index (κ1) is 29.1. The van der Waals surface area contributed by atoms with Crippen molar-refractivity contribution in [3.05, 3.63) is 51.6 Å². The molecule has 6 heteroatoms. The van der Waals surface area contributed by atoms with Crippen LogP contribution in [0.15, 0.2) is 35.9 Å². The molecule has 4 aliphatic carbocycles.